The van der Waals surface area contributed by atoms with E-state index in [1.54, 1.807) is 0 Å². The van der Waals surface area contributed by atoms with Crippen LogP contribution in [0.3, 0.4) is 0 Å². The Hall–Kier alpha value is -1.95. The van der Waals surface area contributed by atoms with Gasteiger partial charge in [-0.3, -0.25) is 9.59 Å². The maximum Gasteiger partial charge on any atom is 0.307 e. The topological polar surface area (TPSA) is 79.3 Å². The number of nitrogens with one attached hydrogen (secondary N) is 1. The molecule has 2 aromatic rings. The van der Waals surface area contributed by atoms with E-state index < -0.39 is 17.8 Å². The first-order chi connectivity index (χ1) is 10.6. The van der Waals surface area contributed by atoms with Gasteiger partial charge in [0.1, 0.15) is 0 Å². The predicted molar refractivity (Wildman–Crippen MR) is 83.7 cm³/mol. The van der Waals surface area contributed by atoms with E-state index in [0.29, 0.717) is 5.13 Å². The van der Waals surface area contributed by atoms with Gasteiger partial charge in [0.15, 0.2) is 5.13 Å². The highest BCUT2D eigenvalue weighted by Crippen LogP contribution is 2.52. The van der Waals surface area contributed by atoms with Crippen LogP contribution in [0.1, 0.15) is 19.3 Å². The molecule has 0 radical (unpaired) electrons. The van der Waals surface area contributed by atoms with Gasteiger partial charge in [-0.25, -0.2) is 4.98 Å². The monoisotopic (exact) mass is 316 g/mol. The van der Waals surface area contributed by atoms with E-state index in [2.05, 4.69) is 10.3 Å². The predicted octanol–water partition coefficient (Wildman–Crippen LogP) is 2.98. The van der Waals surface area contributed by atoms with Gasteiger partial charge < -0.3 is 10.4 Å². The highest BCUT2D eigenvalue weighted by molar-refractivity contribution is 7.22. The number of rotatable bonds is 3. The first-order valence-electron chi connectivity index (χ1n) is 7.53. The molecule has 22 heavy (non-hydrogen) atoms. The number of fused-ring (bicyclic) bond motifs is 3. The van der Waals surface area contributed by atoms with Gasteiger partial charge >= 0.3 is 5.97 Å². The standard InChI is InChI=1S/C16H16N2O3S/c19-14(12-8-5-6-9(7-8)13(12)15(20)21)18-16-17-10-3-1-2-4-11(10)22-16/h1-4,8-9,12-13H,5-7H2,(H,20,21)(H,17,18,19)/t8-,9-,12-,13-/m1/s1. The summed E-state index contributed by atoms with van der Waals surface area (Å²) in [6.07, 6.45) is 2.77. The fourth-order valence-electron chi connectivity index (χ4n) is 4.14. The van der Waals surface area contributed by atoms with E-state index in [0.717, 1.165) is 29.5 Å². The molecule has 1 amide bonds. The summed E-state index contributed by atoms with van der Waals surface area (Å²) in [5, 5.41) is 12.8. The van der Waals surface area contributed by atoms with Gasteiger partial charge in [0, 0.05) is 0 Å². The molecule has 2 fully saturated rings. The molecule has 2 N–H and O–H groups in total. The lowest BCUT2D eigenvalue weighted by Gasteiger charge is -2.26. The molecule has 1 heterocycles. The second-order valence-electron chi connectivity index (χ2n) is 6.20. The van der Waals surface area contributed by atoms with Crippen LogP contribution in [0.15, 0.2) is 24.3 Å². The van der Waals surface area contributed by atoms with Crippen LogP contribution in [-0.2, 0) is 9.59 Å². The van der Waals surface area contributed by atoms with E-state index in [1.807, 2.05) is 24.3 Å². The van der Waals surface area contributed by atoms with Crippen molar-refractivity contribution < 1.29 is 14.7 Å². The second-order valence-corrected chi connectivity index (χ2v) is 7.23. The van der Waals surface area contributed by atoms with E-state index in [1.165, 1.54) is 11.3 Å². The Morgan fingerprint density at radius 1 is 1.18 bits per heavy atom. The quantitative estimate of drug-likeness (QED) is 0.912. The largest absolute Gasteiger partial charge is 0.481 e. The van der Waals surface area contributed by atoms with Crippen LogP contribution < -0.4 is 5.32 Å². The smallest absolute Gasteiger partial charge is 0.307 e. The van der Waals surface area contributed by atoms with E-state index in [4.69, 9.17) is 0 Å². The summed E-state index contributed by atoms with van der Waals surface area (Å²) < 4.78 is 1.01. The van der Waals surface area contributed by atoms with Crippen molar-refractivity contribution in [1.82, 2.24) is 4.98 Å². The summed E-state index contributed by atoms with van der Waals surface area (Å²) in [6.45, 7) is 0. The van der Waals surface area contributed by atoms with Crippen LogP contribution >= 0.6 is 11.3 Å². The first-order valence-corrected chi connectivity index (χ1v) is 8.34. The molecule has 114 valence electrons. The van der Waals surface area contributed by atoms with Crippen molar-refractivity contribution in [2.24, 2.45) is 23.7 Å². The summed E-state index contributed by atoms with van der Waals surface area (Å²) >= 11 is 1.42. The van der Waals surface area contributed by atoms with Crippen molar-refractivity contribution in [2.45, 2.75) is 19.3 Å². The molecule has 4 rings (SSSR count). The van der Waals surface area contributed by atoms with Gasteiger partial charge in [0.25, 0.3) is 0 Å². The molecule has 2 aliphatic carbocycles. The second kappa shape index (κ2) is 5.05. The zero-order chi connectivity index (χ0) is 15.3. The number of benzene rings is 1. The number of nitrogens with zero attached hydrogens (tertiary/aromatic N) is 1. The maximum absolute atomic E-state index is 12.6. The van der Waals surface area contributed by atoms with Crippen molar-refractivity contribution in [1.29, 1.82) is 0 Å². The molecule has 2 aliphatic rings. The van der Waals surface area contributed by atoms with Crippen LogP contribution in [0.25, 0.3) is 10.2 Å². The molecule has 6 heteroatoms. The van der Waals surface area contributed by atoms with E-state index in [-0.39, 0.29) is 17.7 Å². The van der Waals surface area contributed by atoms with Gasteiger partial charge in [-0.1, -0.05) is 23.5 Å². The normalized spacial score (nSPS) is 29.8. The van der Waals surface area contributed by atoms with Crippen LogP contribution in [0.5, 0.6) is 0 Å². The minimum absolute atomic E-state index is 0.161. The summed E-state index contributed by atoms with van der Waals surface area (Å²) in [5.41, 5.74) is 0.852. The highest BCUT2D eigenvalue weighted by atomic mass is 32.1. The molecule has 1 aromatic heterocycles. The van der Waals surface area contributed by atoms with Gasteiger partial charge in [0.05, 0.1) is 22.1 Å². The minimum atomic E-state index is -0.836. The van der Waals surface area contributed by atoms with Crippen LogP contribution in [-0.4, -0.2) is 22.0 Å². The van der Waals surface area contributed by atoms with Crippen molar-refractivity contribution in [3.05, 3.63) is 24.3 Å². The lowest BCUT2D eigenvalue weighted by atomic mass is 9.79. The Bertz CT molecular complexity index is 724. The number of hydrogen-bond acceptors (Lipinski definition) is 4. The molecule has 2 bridgehead atoms. The molecule has 0 aliphatic heterocycles. The Morgan fingerprint density at radius 3 is 2.64 bits per heavy atom. The number of amides is 1. The van der Waals surface area contributed by atoms with E-state index in [9.17, 15) is 14.7 Å². The minimum Gasteiger partial charge on any atom is -0.481 e. The fourth-order valence-corrected chi connectivity index (χ4v) is 5.01. The molecule has 4 atom stereocenters. The average molecular weight is 316 g/mol. The zero-order valence-electron chi connectivity index (χ0n) is 11.9. The summed E-state index contributed by atoms with van der Waals surface area (Å²) in [5.74, 6) is -1.60. The summed E-state index contributed by atoms with van der Waals surface area (Å²) in [4.78, 5) is 28.5. The van der Waals surface area contributed by atoms with Crippen molar-refractivity contribution in [3.8, 4) is 0 Å². The third kappa shape index (κ3) is 2.09. The van der Waals surface area contributed by atoms with Crippen molar-refractivity contribution >= 4 is 38.6 Å². The lowest BCUT2D eigenvalue weighted by Crippen LogP contribution is -2.37. The van der Waals surface area contributed by atoms with Gasteiger partial charge in [0.2, 0.25) is 5.91 Å². The van der Waals surface area contributed by atoms with Crippen LogP contribution in [0.2, 0.25) is 0 Å². The molecular weight excluding hydrogens is 300 g/mol. The fraction of sp³-hybridized carbons (Fsp3) is 0.438. The number of thiazole rings is 1. The van der Waals surface area contributed by atoms with Gasteiger partial charge in [-0.05, 0) is 43.2 Å². The number of aromatic nitrogens is 1. The average Bonchev–Trinajstić information content (AvgIpc) is 3.19. The van der Waals surface area contributed by atoms with Gasteiger partial charge in [-0.15, -0.1) is 0 Å². The SMILES string of the molecule is O=C(O)[C@@H]1[C@@H]2CC[C@H](C2)[C@H]1C(=O)Nc1nc2ccccc2s1. The molecule has 0 unspecified atom stereocenters. The first kappa shape index (κ1) is 13.7. The number of carboxylic acid groups (broad SMARTS) is 1. The zero-order valence-corrected chi connectivity index (χ0v) is 12.7. The number of carbonyl (C=O) groups excluding carboxylic acids is 1. The number of carbonyl (C=O) groups is 2. The Labute approximate surface area is 131 Å². The lowest BCUT2D eigenvalue weighted by molar-refractivity contribution is -0.148. The number of carboxylic acids is 1. The molecule has 5 nitrogen and oxygen atoms in total. The van der Waals surface area contributed by atoms with Crippen LogP contribution in [0.4, 0.5) is 5.13 Å². The third-order valence-corrected chi connectivity index (χ3v) is 5.98. The molecule has 0 saturated heterocycles. The van der Waals surface area contributed by atoms with Crippen molar-refractivity contribution in [2.75, 3.05) is 5.32 Å². The molecular formula is C16H16N2O3S. The van der Waals surface area contributed by atoms with E-state index >= 15 is 0 Å². The highest BCUT2D eigenvalue weighted by Gasteiger charge is 2.54. The Kier molecular flexibility index (Phi) is 3.14. The van der Waals surface area contributed by atoms with Gasteiger partial charge in [-0.2, -0.15) is 0 Å². The maximum atomic E-state index is 12.6. The Balaban J connectivity index is 1.57. The number of para-hydroxylation sites is 1. The molecule has 1 aromatic carbocycles. The van der Waals surface area contributed by atoms with Crippen molar-refractivity contribution in [3.63, 3.8) is 0 Å². The molecule has 0 spiro atoms. The number of hydrogen-bond donors (Lipinski definition) is 2. The third-order valence-electron chi connectivity index (χ3n) is 5.03. The number of aliphatic carboxylic acids is 1. The Morgan fingerprint density at radius 2 is 1.91 bits per heavy atom. The summed E-state index contributed by atoms with van der Waals surface area (Å²) in [6, 6.07) is 7.70. The summed E-state index contributed by atoms with van der Waals surface area (Å²) in [7, 11) is 0. The van der Waals surface area contributed by atoms with Crippen LogP contribution in [0, 0.1) is 23.7 Å². The molecule has 2 saturated carbocycles. The number of anilines is 1.